The molecule has 0 spiro atoms. The Morgan fingerprint density at radius 1 is 1.17 bits per heavy atom. The van der Waals surface area contributed by atoms with E-state index in [1.54, 1.807) is 0 Å². The van der Waals surface area contributed by atoms with E-state index in [4.69, 9.17) is 22.3 Å². The fourth-order valence-electron chi connectivity index (χ4n) is 4.04. The quantitative estimate of drug-likeness (QED) is 0.455. The predicted molar refractivity (Wildman–Crippen MR) is 117 cm³/mol. The molecule has 1 heterocycles. The van der Waals surface area contributed by atoms with Gasteiger partial charge in [-0.1, -0.05) is 36.9 Å². The van der Waals surface area contributed by atoms with E-state index >= 15 is 0 Å². The van der Waals surface area contributed by atoms with Crippen LogP contribution in [-0.2, 0) is 0 Å². The maximum atomic E-state index is 10.9. The molecule has 0 bridgehead atoms. The van der Waals surface area contributed by atoms with Gasteiger partial charge in [-0.3, -0.25) is 0 Å². The highest BCUT2D eigenvalue weighted by molar-refractivity contribution is 6.30. The number of hydrogen-bond acceptors (Lipinski definition) is 3. The van der Waals surface area contributed by atoms with Crippen LogP contribution >= 0.6 is 11.6 Å². The number of urea groups is 1. The van der Waals surface area contributed by atoms with Crippen LogP contribution in [0.1, 0.15) is 50.6 Å². The number of fused-ring (bicyclic) bond motifs is 1. The summed E-state index contributed by atoms with van der Waals surface area (Å²) in [5.41, 5.74) is 12.0. The molecule has 6 nitrogen and oxygen atoms in total. The molecule has 2 amide bonds. The van der Waals surface area contributed by atoms with E-state index in [-0.39, 0.29) is 0 Å². The molecule has 2 aromatic carbocycles. The third-order valence-corrected chi connectivity index (χ3v) is 5.74. The van der Waals surface area contributed by atoms with E-state index < -0.39 is 6.03 Å². The van der Waals surface area contributed by atoms with Crippen molar-refractivity contribution in [1.82, 2.24) is 15.0 Å². The summed E-state index contributed by atoms with van der Waals surface area (Å²) in [5, 5.41) is 4.74. The summed E-state index contributed by atoms with van der Waals surface area (Å²) in [4.78, 5) is 15.9. The van der Waals surface area contributed by atoms with E-state index in [1.165, 1.54) is 19.3 Å². The highest BCUT2D eigenvalue weighted by Crippen LogP contribution is 2.36. The number of carbonyl (C=O) groups excluding carboxylic acids is 1. The van der Waals surface area contributed by atoms with Gasteiger partial charge in [0.2, 0.25) is 0 Å². The van der Waals surface area contributed by atoms with Gasteiger partial charge >= 0.3 is 6.03 Å². The van der Waals surface area contributed by atoms with Crippen LogP contribution in [0.4, 0.5) is 4.79 Å². The van der Waals surface area contributed by atoms with Gasteiger partial charge in [0.05, 0.1) is 16.7 Å². The number of primary amides is 1. The molecular formula is C22H24ClN5O. The summed E-state index contributed by atoms with van der Waals surface area (Å²) >= 11 is 6.09. The Morgan fingerprint density at radius 3 is 2.59 bits per heavy atom. The summed E-state index contributed by atoms with van der Waals surface area (Å²) in [6.07, 6.45) is 6.11. The third-order valence-electron chi connectivity index (χ3n) is 5.48. The largest absolute Gasteiger partial charge is 0.350 e. The van der Waals surface area contributed by atoms with Crippen LogP contribution in [0.3, 0.4) is 0 Å². The average molecular weight is 410 g/mol. The molecule has 29 heavy (non-hydrogen) atoms. The highest BCUT2D eigenvalue weighted by Gasteiger charge is 2.22. The molecule has 3 N–H and O–H groups in total. The standard InChI is InChI=1S/C22H24ClN5O/c1-14(26-27-22(24)29)16-9-12-20-19(13-16)25-21(15-7-10-17(23)11-8-15)28(20)18-5-3-2-4-6-18/h7-13,18H,2-6H2,1H3,(H3,24,27,29)/b26-14-. The first-order chi connectivity index (χ1) is 14.0. The molecule has 1 aromatic heterocycles. The summed E-state index contributed by atoms with van der Waals surface area (Å²) < 4.78 is 2.38. The van der Waals surface area contributed by atoms with Gasteiger partial charge in [-0.2, -0.15) is 5.10 Å². The Kier molecular flexibility index (Phi) is 5.53. The fraction of sp³-hybridized carbons (Fsp3) is 0.318. The van der Waals surface area contributed by atoms with Crippen molar-refractivity contribution >= 4 is 34.4 Å². The Labute approximate surface area is 174 Å². The SMILES string of the molecule is C/C(=N/NC(N)=O)c1ccc2c(c1)nc(-c1ccc(Cl)cc1)n2C1CCCCC1. The zero-order valence-corrected chi connectivity index (χ0v) is 17.1. The molecule has 0 aliphatic heterocycles. The Balaban J connectivity index is 1.82. The molecule has 1 aliphatic rings. The number of carbonyl (C=O) groups is 1. The van der Waals surface area contributed by atoms with Crippen molar-refractivity contribution in [2.24, 2.45) is 10.8 Å². The number of benzene rings is 2. The molecule has 1 saturated carbocycles. The zero-order valence-electron chi connectivity index (χ0n) is 16.4. The first-order valence-corrected chi connectivity index (χ1v) is 10.3. The smallest absolute Gasteiger partial charge is 0.332 e. The second-order valence-electron chi connectivity index (χ2n) is 7.48. The van der Waals surface area contributed by atoms with Crippen LogP contribution < -0.4 is 11.2 Å². The number of nitrogens with one attached hydrogen (secondary N) is 1. The van der Waals surface area contributed by atoms with Gasteiger partial charge in [-0.15, -0.1) is 0 Å². The van der Waals surface area contributed by atoms with Gasteiger partial charge < -0.3 is 10.3 Å². The molecule has 3 aromatic rings. The van der Waals surface area contributed by atoms with E-state index in [1.807, 2.05) is 43.3 Å². The number of amides is 2. The number of hydrazone groups is 1. The minimum atomic E-state index is -0.683. The summed E-state index contributed by atoms with van der Waals surface area (Å²) in [6, 6.07) is 13.7. The van der Waals surface area contributed by atoms with E-state index in [9.17, 15) is 4.79 Å². The van der Waals surface area contributed by atoms with Crippen LogP contribution in [-0.4, -0.2) is 21.3 Å². The van der Waals surface area contributed by atoms with Gasteiger partial charge in [-0.25, -0.2) is 15.2 Å². The second kappa shape index (κ2) is 8.25. The lowest BCUT2D eigenvalue weighted by Crippen LogP contribution is -2.25. The van der Waals surface area contributed by atoms with E-state index in [0.29, 0.717) is 16.8 Å². The number of imidazole rings is 1. The zero-order chi connectivity index (χ0) is 20.4. The van der Waals surface area contributed by atoms with E-state index in [0.717, 1.165) is 40.8 Å². The summed E-state index contributed by atoms with van der Waals surface area (Å²) in [6.45, 7) is 1.83. The molecule has 7 heteroatoms. The highest BCUT2D eigenvalue weighted by atomic mass is 35.5. The van der Waals surface area contributed by atoms with Gasteiger partial charge in [0.15, 0.2) is 0 Å². The first kappa shape index (κ1) is 19.5. The van der Waals surface area contributed by atoms with Gasteiger partial charge in [0.25, 0.3) is 0 Å². The molecule has 4 rings (SSSR count). The van der Waals surface area contributed by atoms with Crippen LogP contribution in [0.15, 0.2) is 47.6 Å². The number of rotatable bonds is 4. The fourth-order valence-corrected chi connectivity index (χ4v) is 4.16. The van der Waals surface area contributed by atoms with Gasteiger partial charge in [-0.05, 0) is 61.7 Å². The van der Waals surface area contributed by atoms with Crippen molar-refractivity contribution in [1.29, 1.82) is 0 Å². The van der Waals surface area contributed by atoms with Gasteiger partial charge in [0, 0.05) is 16.6 Å². The number of nitrogens with zero attached hydrogens (tertiary/aromatic N) is 3. The molecule has 0 radical (unpaired) electrons. The summed E-state index contributed by atoms with van der Waals surface area (Å²) in [7, 11) is 0. The van der Waals surface area contributed by atoms with Gasteiger partial charge in [0.1, 0.15) is 5.82 Å². The van der Waals surface area contributed by atoms with Crippen molar-refractivity contribution < 1.29 is 4.79 Å². The minimum Gasteiger partial charge on any atom is -0.350 e. The van der Waals surface area contributed by atoms with Crippen LogP contribution in [0.5, 0.6) is 0 Å². The number of aromatic nitrogens is 2. The lowest BCUT2D eigenvalue weighted by molar-refractivity contribution is 0.249. The molecule has 1 aliphatic carbocycles. The van der Waals surface area contributed by atoms with Crippen LogP contribution in [0.25, 0.3) is 22.4 Å². The topological polar surface area (TPSA) is 85.3 Å². The number of hydrogen-bond donors (Lipinski definition) is 2. The molecule has 0 atom stereocenters. The van der Waals surface area contributed by atoms with Crippen molar-refractivity contribution in [3.8, 4) is 11.4 Å². The van der Waals surface area contributed by atoms with Crippen molar-refractivity contribution in [3.05, 3.63) is 53.1 Å². The molecular weight excluding hydrogens is 386 g/mol. The third kappa shape index (κ3) is 4.12. The maximum Gasteiger partial charge on any atom is 0.332 e. The van der Waals surface area contributed by atoms with Crippen LogP contribution in [0, 0.1) is 0 Å². The Bertz CT molecular complexity index is 1060. The number of halogens is 1. The predicted octanol–water partition coefficient (Wildman–Crippen LogP) is 5.25. The monoisotopic (exact) mass is 409 g/mol. The Hall–Kier alpha value is -2.86. The Morgan fingerprint density at radius 2 is 1.90 bits per heavy atom. The molecule has 0 saturated heterocycles. The first-order valence-electron chi connectivity index (χ1n) is 9.91. The lowest BCUT2D eigenvalue weighted by atomic mass is 9.94. The molecule has 150 valence electrons. The number of nitrogens with two attached hydrogens (primary N) is 1. The minimum absolute atomic E-state index is 0.441. The van der Waals surface area contributed by atoms with Crippen LogP contribution in [0.2, 0.25) is 5.02 Å². The lowest BCUT2D eigenvalue weighted by Gasteiger charge is -2.25. The second-order valence-corrected chi connectivity index (χ2v) is 7.92. The normalized spacial score (nSPS) is 15.6. The summed E-state index contributed by atoms with van der Waals surface area (Å²) in [5.74, 6) is 0.963. The van der Waals surface area contributed by atoms with Crippen molar-refractivity contribution in [2.75, 3.05) is 0 Å². The maximum absolute atomic E-state index is 10.9. The average Bonchev–Trinajstić information content (AvgIpc) is 3.11. The molecule has 1 fully saturated rings. The van der Waals surface area contributed by atoms with Crippen molar-refractivity contribution in [2.45, 2.75) is 45.1 Å². The molecule has 0 unspecified atom stereocenters. The van der Waals surface area contributed by atoms with Crippen molar-refractivity contribution in [3.63, 3.8) is 0 Å². The van der Waals surface area contributed by atoms with E-state index in [2.05, 4.69) is 21.2 Å².